The number of ether oxygens (including phenoxy) is 4. The summed E-state index contributed by atoms with van der Waals surface area (Å²) in [6, 6.07) is 0. The second-order valence-electron chi connectivity index (χ2n) is 8.40. The Morgan fingerprint density at radius 2 is 1.77 bits per heavy atom. The van der Waals surface area contributed by atoms with Crippen LogP contribution >= 0.6 is 0 Å². The largest absolute Gasteiger partial charge is 0.496 e. The fourth-order valence-corrected chi connectivity index (χ4v) is 4.09. The molecule has 2 aliphatic rings. The summed E-state index contributed by atoms with van der Waals surface area (Å²) in [5, 5.41) is 48.8. The molecule has 5 atom stereocenters. The van der Waals surface area contributed by atoms with E-state index in [0.29, 0.717) is 22.4 Å². The molecule has 1 aromatic carbocycles. The number of aliphatic hydroxyl groups is 3. The molecule has 1 unspecified atom stereocenters. The Bertz CT molecular complexity index is 1050. The highest BCUT2D eigenvalue weighted by Crippen LogP contribution is 2.44. The lowest BCUT2D eigenvalue weighted by molar-refractivity contribution is -0.271. The molecule has 0 bridgehead atoms. The van der Waals surface area contributed by atoms with E-state index in [1.165, 1.54) is 7.11 Å². The van der Waals surface area contributed by atoms with Gasteiger partial charge in [0.25, 0.3) is 0 Å². The standard InChI is InChI=1S/C23H28O12/c1-9(5-7-13(24)25)4-6-11-18(32-3)10(2)12-8-33-22(31)14(12)19(11)34-23-17(28)15(26)16(27)20(35-23)21(29)30/h4,15-17,20,23,26-28H,5-8H2,1-3H3,(H,24,25)(H,29,30)/b9-4+/t15-,16-,17+,20-,23?/m0/s1. The number of carbonyl (C=O) groups excluding carboxylic acids is 1. The Balaban J connectivity index is 2.07. The van der Waals surface area contributed by atoms with Crippen LogP contribution in [0.2, 0.25) is 0 Å². The van der Waals surface area contributed by atoms with E-state index in [4.69, 9.17) is 24.1 Å². The quantitative estimate of drug-likeness (QED) is 0.233. The summed E-state index contributed by atoms with van der Waals surface area (Å²) in [7, 11) is 1.41. The van der Waals surface area contributed by atoms with Crippen molar-refractivity contribution in [2.24, 2.45) is 0 Å². The van der Waals surface area contributed by atoms with Gasteiger partial charge in [0.05, 0.1) is 7.11 Å². The van der Waals surface area contributed by atoms with Crippen LogP contribution in [0.1, 0.15) is 46.8 Å². The maximum absolute atomic E-state index is 12.6. The fourth-order valence-electron chi connectivity index (χ4n) is 4.09. The van der Waals surface area contributed by atoms with Crippen molar-refractivity contribution >= 4 is 17.9 Å². The van der Waals surface area contributed by atoms with Crippen LogP contribution in [-0.2, 0) is 32.1 Å². The first-order valence-electron chi connectivity index (χ1n) is 10.8. The molecule has 12 nitrogen and oxygen atoms in total. The lowest BCUT2D eigenvalue weighted by Crippen LogP contribution is -2.61. The zero-order valence-electron chi connectivity index (χ0n) is 19.4. The molecule has 12 heteroatoms. The average molecular weight is 496 g/mol. The highest BCUT2D eigenvalue weighted by Gasteiger charge is 2.49. The summed E-state index contributed by atoms with van der Waals surface area (Å²) in [5.74, 6) is -2.99. The highest BCUT2D eigenvalue weighted by molar-refractivity contribution is 5.98. The number of hydrogen-bond donors (Lipinski definition) is 5. The predicted molar refractivity (Wildman–Crippen MR) is 116 cm³/mol. The zero-order valence-corrected chi connectivity index (χ0v) is 19.4. The summed E-state index contributed by atoms with van der Waals surface area (Å²) in [5.41, 5.74) is 2.22. The molecule has 192 valence electrons. The second kappa shape index (κ2) is 10.6. The van der Waals surface area contributed by atoms with Gasteiger partial charge in [0.1, 0.15) is 42.0 Å². The Kier molecular flexibility index (Phi) is 8.00. The lowest BCUT2D eigenvalue weighted by atomic mass is 9.94. The van der Waals surface area contributed by atoms with Gasteiger partial charge in [0.15, 0.2) is 6.10 Å². The summed E-state index contributed by atoms with van der Waals surface area (Å²) in [6.45, 7) is 3.40. The number of carbonyl (C=O) groups is 3. The minimum atomic E-state index is -1.91. The number of carboxylic acid groups (broad SMARTS) is 2. The average Bonchev–Trinajstić information content (AvgIpc) is 3.19. The number of rotatable bonds is 9. The first-order chi connectivity index (χ1) is 16.5. The van der Waals surface area contributed by atoms with Crippen LogP contribution in [0.5, 0.6) is 11.5 Å². The third-order valence-electron chi connectivity index (χ3n) is 6.06. The number of fused-ring (bicyclic) bond motifs is 1. The number of hydrogen-bond acceptors (Lipinski definition) is 10. The number of aliphatic hydroxyl groups excluding tert-OH is 3. The summed E-state index contributed by atoms with van der Waals surface area (Å²) in [6.07, 6.45) is -7.23. The van der Waals surface area contributed by atoms with Crippen LogP contribution < -0.4 is 9.47 Å². The monoisotopic (exact) mass is 496 g/mol. The Morgan fingerprint density at radius 1 is 1.09 bits per heavy atom. The number of cyclic esters (lactones) is 1. The number of methoxy groups -OCH3 is 1. The third-order valence-corrected chi connectivity index (χ3v) is 6.06. The molecule has 0 radical (unpaired) electrons. The van der Waals surface area contributed by atoms with Crippen molar-refractivity contribution in [3.05, 3.63) is 33.9 Å². The lowest BCUT2D eigenvalue weighted by Gasteiger charge is -2.39. The minimum Gasteiger partial charge on any atom is -0.496 e. The van der Waals surface area contributed by atoms with Gasteiger partial charge in [-0.25, -0.2) is 9.59 Å². The maximum Gasteiger partial charge on any atom is 0.342 e. The number of benzene rings is 1. The molecule has 3 rings (SSSR count). The summed E-state index contributed by atoms with van der Waals surface area (Å²) >= 11 is 0. The molecule has 1 saturated heterocycles. The van der Waals surface area contributed by atoms with Crippen molar-refractivity contribution in [3.8, 4) is 11.5 Å². The van der Waals surface area contributed by atoms with Crippen LogP contribution in [0.4, 0.5) is 0 Å². The van der Waals surface area contributed by atoms with Crippen molar-refractivity contribution in [3.63, 3.8) is 0 Å². The molecule has 0 aromatic heterocycles. The fraction of sp³-hybridized carbons (Fsp3) is 0.522. The molecule has 1 fully saturated rings. The van der Waals surface area contributed by atoms with Crippen molar-refractivity contribution in [1.29, 1.82) is 0 Å². The van der Waals surface area contributed by atoms with E-state index < -0.39 is 48.6 Å². The van der Waals surface area contributed by atoms with Crippen LogP contribution in [0, 0.1) is 6.92 Å². The van der Waals surface area contributed by atoms with Gasteiger partial charge >= 0.3 is 17.9 Å². The Hall–Kier alpha value is -3.19. The molecule has 5 N–H and O–H groups in total. The van der Waals surface area contributed by atoms with Crippen molar-refractivity contribution < 1.29 is 58.9 Å². The van der Waals surface area contributed by atoms with Crippen LogP contribution in [0.3, 0.4) is 0 Å². The van der Waals surface area contributed by atoms with Gasteiger partial charge in [0, 0.05) is 17.5 Å². The van der Waals surface area contributed by atoms with E-state index in [-0.39, 0.29) is 37.2 Å². The van der Waals surface area contributed by atoms with Gasteiger partial charge in [-0.1, -0.05) is 11.6 Å². The van der Waals surface area contributed by atoms with E-state index in [1.54, 1.807) is 19.9 Å². The van der Waals surface area contributed by atoms with Gasteiger partial charge in [-0.05, 0) is 32.3 Å². The number of aliphatic carboxylic acids is 2. The molecule has 0 spiro atoms. The molecule has 1 aromatic rings. The van der Waals surface area contributed by atoms with Gasteiger partial charge < -0.3 is 44.5 Å². The van der Waals surface area contributed by atoms with E-state index >= 15 is 0 Å². The van der Waals surface area contributed by atoms with Crippen molar-refractivity contribution in [1.82, 2.24) is 0 Å². The smallest absolute Gasteiger partial charge is 0.342 e. The van der Waals surface area contributed by atoms with E-state index in [1.807, 2.05) is 0 Å². The van der Waals surface area contributed by atoms with Crippen molar-refractivity contribution in [2.75, 3.05) is 7.11 Å². The van der Waals surface area contributed by atoms with E-state index in [2.05, 4.69) is 0 Å². The Morgan fingerprint density at radius 3 is 2.37 bits per heavy atom. The summed E-state index contributed by atoms with van der Waals surface area (Å²) in [4.78, 5) is 35.0. The third kappa shape index (κ3) is 5.25. The Labute approximate surface area is 200 Å². The first-order valence-corrected chi connectivity index (χ1v) is 10.8. The molecule has 0 aliphatic carbocycles. The van der Waals surface area contributed by atoms with E-state index in [9.17, 15) is 34.8 Å². The second-order valence-corrected chi connectivity index (χ2v) is 8.40. The number of allylic oxidation sites excluding steroid dienone is 2. The van der Waals surface area contributed by atoms with Crippen LogP contribution in [0.25, 0.3) is 0 Å². The SMILES string of the molecule is COc1c(C)c2c(c(OC3O[C@H](C(=O)O)[C@@H](O)[C@H](O)[C@H]3O)c1C/C=C(\C)CCC(=O)O)C(=O)OC2. The first kappa shape index (κ1) is 26.4. The minimum absolute atomic E-state index is 0.0400. The van der Waals surface area contributed by atoms with Crippen LogP contribution in [-0.4, -0.2) is 81.3 Å². The van der Waals surface area contributed by atoms with Crippen molar-refractivity contribution in [2.45, 2.75) is 70.4 Å². The maximum atomic E-state index is 12.6. The number of carboxylic acids is 2. The number of esters is 1. The molecule has 35 heavy (non-hydrogen) atoms. The van der Waals surface area contributed by atoms with Crippen LogP contribution in [0.15, 0.2) is 11.6 Å². The molecule has 2 aliphatic heterocycles. The van der Waals surface area contributed by atoms with Gasteiger partial charge in [-0.2, -0.15) is 0 Å². The zero-order chi connectivity index (χ0) is 26.0. The topological polar surface area (TPSA) is 189 Å². The molecule has 0 saturated carbocycles. The van der Waals surface area contributed by atoms with Gasteiger partial charge in [-0.15, -0.1) is 0 Å². The van der Waals surface area contributed by atoms with E-state index in [0.717, 1.165) is 5.57 Å². The molecule has 0 amide bonds. The van der Waals surface area contributed by atoms with Gasteiger partial charge in [-0.3, -0.25) is 4.79 Å². The summed E-state index contributed by atoms with van der Waals surface area (Å²) < 4.78 is 21.8. The highest BCUT2D eigenvalue weighted by atomic mass is 16.7. The predicted octanol–water partition coefficient (Wildman–Crippen LogP) is 0.299. The molecular weight excluding hydrogens is 468 g/mol. The molecular formula is C23H28O12. The van der Waals surface area contributed by atoms with Gasteiger partial charge in [0.2, 0.25) is 6.29 Å². The normalized spacial score (nSPS) is 26.2. The molecule has 2 heterocycles.